The topological polar surface area (TPSA) is 69.7 Å². The lowest BCUT2D eigenvalue weighted by atomic mass is 10.2. The van der Waals surface area contributed by atoms with E-state index in [0.717, 1.165) is 26.2 Å². The Bertz CT molecular complexity index is 283. The molecule has 0 aromatic rings. The van der Waals surface area contributed by atoms with Crippen molar-refractivity contribution in [2.45, 2.75) is 51.7 Å². The zero-order valence-electron chi connectivity index (χ0n) is 9.36. The summed E-state index contributed by atoms with van der Waals surface area (Å²) in [6, 6.07) is 0. The molecular formula is C9H18O5S. The van der Waals surface area contributed by atoms with Crippen LogP contribution in [0.15, 0.2) is 0 Å². The van der Waals surface area contributed by atoms with Gasteiger partial charge in [-0.05, 0) is 13.3 Å². The van der Waals surface area contributed by atoms with Gasteiger partial charge in [0.1, 0.15) is 0 Å². The maximum Gasteiger partial charge on any atom is 0.340 e. The summed E-state index contributed by atoms with van der Waals surface area (Å²) in [5.41, 5.74) is 0. The van der Waals surface area contributed by atoms with E-state index in [-0.39, 0.29) is 0 Å². The minimum absolute atomic E-state index is 0.511. The molecule has 0 rings (SSSR count). The normalized spacial score (nSPS) is 13.5. The quantitative estimate of drug-likeness (QED) is 0.384. The van der Waals surface area contributed by atoms with E-state index < -0.39 is 21.3 Å². The highest BCUT2D eigenvalue weighted by atomic mass is 32.2. The highest BCUT2D eigenvalue weighted by Crippen LogP contribution is 2.12. The van der Waals surface area contributed by atoms with Gasteiger partial charge in [-0.1, -0.05) is 30.5 Å². The second-order valence-corrected chi connectivity index (χ2v) is 5.37. The summed E-state index contributed by atoms with van der Waals surface area (Å²) in [4.78, 5) is 14.4. The van der Waals surface area contributed by atoms with E-state index >= 15 is 0 Å². The van der Waals surface area contributed by atoms with E-state index in [2.05, 4.69) is 9.22 Å². The minimum atomic E-state index is -3.78. The molecule has 0 aromatic carbocycles. The number of unbranched alkanes of at least 4 members (excludes halogenated alkanes) is 2. The van der Waals surface area contributed by atoms with Crippen molar-refractivity contribution in [3.8, 4) is 0 Å². The molecule has 0 spiro atoms. The van der Waals surface area contributed by atoms with Gasteiger partial charge in [-0.15, -0.1) is 0 Å². The summed E-state index contributed by atoms with van der Waals surface area (Å²) < 4.78 is 26.8. The van der Waals surface area contributed by atoms with Crippen LogP contribution in [0.2, 0.25) is 0 Å². The Morgan fingerprint density at radius 1 is 1.33 bits per heavy atom. The summed E-state index contributed by atoms with van der Waals surface area (Å²) in [7, 11) is -3.78. The first-order valence-corrected chi connectivity index (χ1v) is 6.47. The van der Waals surface area contributed by atoms with Crippen LogP contribution in [-0.2, 0) is 24.1 Å². The van der Waals surface area contributed by atoms with Crippen molar-refractivity contribution in [2.75, 3.05) is 0 Å². The van der Waals surface area contributed by atoms with E-state index in [1.807, 2.05) is 6.92 Å². The average Bonchev–Trinajstić information content (AvgIpc) is 2.15. The molecule has 6 heteroatoms. The molecule has 0 bridgehead atoms. The number of carbonyl (C=O) groups is 1. The zero-order chi connectivity index (χ0) is 11.9. The van der Waals surface area contributed by atoms with E-state index in [9.17, 15) is 13.2 Å². The van der Waals surface area contributed by atoms with E-state index in [0.29, 0.717) is 6.42 Å². The fourth-order valence-corrected chi connectivity index (χ4v) is 1.77. The lowest BCUT2D eigenvalue weighted by molar-refractivity contribution is -0.208. The van der Waals surface area contributed by atoms with Crippen LogP contribution in [-0.4, -0.2) is 19.6 Å². The van der Waals surface area contributed by atoms with Crippen LogP contribution in [0.4, 0.5) is 0 Å². The van der Waals surface area contributed by atoms with Crippen molar-refractivity contribution >= 4 is 16.1 Å². The summed E-state index contributed by atoms with van der Waals surface area (Å²) in [5, 5.41) is -0.650. The summed E-state index contributed by atoms with van der Waals surface area (Å²) in [6.45, 7) is 4.65. The molecule has 15 heavy (non-hydrogen) atoms. The van der Waals surface area contributed by atoms with Crippen molar-refractivity contribution in [2.24, 2.45) is 0 Å². The molecule has 1 unspecified atom stereocenters. The van der Waals surface area contributed by atoms with Crippen LogP contribution in [0.25, 0.3) is 0 Å². The fourth-order valence-electron chi connectivity index (χ4n) is 0.989. The van der Waals surface area contributed by atoms with Gasteiger partial charge in [-0.2, -0.15) is 8.42 Å². The first-order valence-electron chi connectivity index (χ1n) is 5.00. The molecule has 0 amide bonds. The molecule has 0 saturated heterocycles. The van der Waals surface area contributed by atoms with Gasteiger partial charge in [0.15, 0.2) is 0 Å². The molecule has 0 aromatic heterocycles. The number of carbonyl (C=O) groups excluding carboxylic acids is 1. The minimum Gasteiger partial charge on any atom is -0.282 e. The number of hydrogen-bond acceptors (Lipinski definition) is 5. The maximum absolute atomic E-state index is 11.3. The van der Waals surface area contributed by atoms with Gasteiger partial charge in [0.2, 0.25) is 0 Å². The highest BCUT2D eigenvalue weighted by Gasteiger charge is 2.23. The summed E-state index contributed by atoms with van der Waals surface area (Å²) in [6.07, 6.45) is 3.34. The lowest BCUT2D eigenvalue weighted by Crippen LogP contribution is -2.21. The van der Waals surface area contributed by atoms with Gasteiger partial charge in [0, 0.05) is 6.92 Å². The predicted molar refractivity (Wildman–Crippen MR) is 55.4 cm³/mol. The summed E-state index contributed by atoms with van der Waals surface area (Å²) >= 11 is 0. The number of rotatable bonds is 7. The molecular weight excluding hydrogens is 220 g/mol. The van der Waals surface area contributed by atoms with Crippen LogP contribution in [0.3, 0.4) is 0 Å². The standard InChI is InChI=1S/C9H18O5S/c1-4-5-6-7-8(2)15(11,12)14-13-9(3)10/h8H,4-7H2,1-3H3. The second kappa shape index (κ2) is 6.79. The Balaban J connectivity index is 4.03. The third-order valence-electron chi connectivity index (χ3n) is 1.95. The Labute approximate surface area is 90.8 Å². The lowest BCUT2D eigenvalue weighted by Gasteiger charge is -2.10. The van der Waals surface area contributed by atoms with Crippen LogP contribution in [0, 0.1) is 0 Å². The first-order chi connectivity index (χ1) is 6.90. The fraction of sp³-hybridized carbons (Fsp3) is 0.889. The monoisotopic (exact) mass is 238 g/mol. The van der Waals surface area contributed by atoms with Crippen LogP contribution in [0.5, 0.6) is 0 Å². The third kappa shape index (κ3) is 6.46. The van der Waals surface area contributed by atoms with Gasteiger partial charge in [-0.3, -0.25) is 4.89 Å². The molecule has 0 aliphatic rings. The molecule has 1 atom stereocenters. The molecule has 0 saturated carbocycles. The molecule has 90 valence electrons. The third-order valence-corrected chi connectivity index (χ3v) is 3.43. The predicted octanol–water partition coefficient (Wildman–Crippen LogP) is 1.78. The number of hydrogen-bond donors (Lipinski definition) is 0. The Morgan fingerprint density at radius 3 is 2.40 bits per heavy atom. The van der Waals surface area contributed by atoms with Crippen LogP contribution >= 0.6 is 0 Å². The van der Waals surface area contributed by atoms with E-state index in [1.54, 1.807) is 0 Å². The second-order valence-electron chi connectivity index (χ2n) is 3.44. The zero-order valence-corrected chi connectivity index (χ0v) is 10.2. The largest absolute Gasteiger partial charge is 0.340 e. The smallest absolute Gasteiger partial charge is 0.282 e. The van der Waals surface area contributed by atoms with Crippen LogP contribution < -0.4 is 0 Å². The average molecular weight is 238 g/mol. The molecule has 0 heterocycles. The molecule has 0 N–H and O–H groups in total. The first kappa shape index (κ1) is 14.4. The highest BCUT2D eigenvalue weighted by molar-refractivity contribution is 7.87. The molecule has 0 aliphatic carbocycles. The van der Waals surface area contributed by atoms with Crippen molar-refractivity contribution in [3.63, 3.8) is 0 Å². The van der Waals surface area contributed by atoms with Gasteiger partial charge in [-0.25, -0.2) is 4.79 Å². The van der Waals surface area contributed by atoms with Gasteiger partial charge < -0.3 is 0 Å². The Kier molecular flexibility index (Phi) is 6.51. The molecule has 5 nitrogen and oxygen atoms in total. The van der Waals surface area contributed by atoms with Gasteiger partial charge in [0.25, 0.3) is 0 Å². The SMILES string of the molecule is CCCCCC(C)S(=O)(=O)OOC(C)=O. The van der Waals surface area contributed by atoms with Crippen molar-refractivity contribution in [3.05, 3.63) is 0 Å². The van der Waals surface area contributed by atoms with Crippen molar-refractivity contribution < 1.29 is 22.4 Å². The summed E-state index contributed by atoms with van der Waals surface area (Å²) in [5.74, 6) is -0.778. The Morgan fingerprint density at radius 2 is 1.93 bits per heavy atom. The van der Waals surface area contributed by atoms with Gasteiger partial charge >= 0.3 is 16.1 Å². The molecule has 0 fully saturated rings. The van der Waals surface area contributed by atoms with E-state index in [4.69, 9.17) is 0 Å². The molecule has 0 aliphatic heterocycles. The molecule has 0 radical (unpaired) electrons. The van der Waals surface area contributed by atoms with Crippen LogP contribution in [0.1, 0.15) is 46.5 Å². The van der Waals surface area contributed by atoms with E-state index in [1.165, 1.54) is 6.92 Å². The maximum atomic E-state index is 11.3. The van der Waals surface area contributed by atoms with Gasteiger partial charge in [0.05, 0.1) is 5.25 Å². The Hall–Kier alpha value is -0.620. The van der Waals surface area contributed by atoms with Crippen molar-refractivity contribution in [1.29, 1.82) is 0 Å². The van der Waals surface area contributed by atoms with Crippen molar-refractivity contribution in [1.82, 2.24) is 0 Å².